The molecular weight excluding hydrogens is 351 g/mol. The topological polar surface area (TPSA) is 81.1 Å². The van der Waals surface area contributed by atoms with Gasteiger partial charge in [-0.05, 0) is 6.08 Å². The van der Waals surface area contributed by atoms with Crippen LogP contribution in [0.25, 0.3) is 0 Å². The van der Waals surface area contributed by atoms with E-state index in [1.54, 1.807) is 12.3 Å². The number of hydrogen-bond acceptors (Lipinski definition) is 6. The van der Waals surface area contributed by atoms with Crippen molar-refractivity contribution >= 4 is 23.7 Å². The Kier molecular flexibility index (Phi) is 5.63. The molecule has 4 rings (SSSR count). The van der Waals surface area contributed by atoms with E-state index < -0.39 is 17.6 Å². The minimum Gasteiger partial charge on any atom is -0.327 e. The molecule has 0 radical (unpaired) electrons. The first kappa shape index (κ1) is 18.8. The Labute approximate surface area is 156 Å². The van der Waals surface area contributed by atoms with Crippen LogP contribution in [0.5, 0.6) is 0 Å². The van der Waals surface area contributed by atoms with E-state index in [0.717, 1.165) is 5.70 Å². The van der Waals surface area contributed by atoms with Gasteiger partial charge in [0.15, 0.2) is 0 Å². The second-order valence-corrected chi connectivity index (χ2v) is 5.78. The van der Waals surface area contributed by atoms with E-state index in [0.29, 0.717) is 31.7 Å². The quantitative estimate of drug-likeness (QED) is 0.634. The number of hydrogen-bond donors (Lipinski definition) is 1. The lowest BCUT2D eigenvalue weighted by Crippen LogP contribution is -2.53. The molecule has 1 aromatic heterocycles. The molecule has 0 bridgehead atoms. The number of aromatic nitrogens is 1. The summed E-state index contributed by atoms with van der Waals surface area (Å²) in [4.78, 5) is 31.3. The third kappa shape index (κ3) is 3.74. The Bertz CT molecular complexity index is 846. The smallest absolute Gasteiger partial charge is 0.316 e. The molecule has 0 spiro atoms. The summed E-state index contributed by atoms with van der Waals surface area (Å²) >= 11 is 0. The molecule has 3 heterocycles. The van der Waals surface area contributed by atoms with Gasteiger partial charge in [0.1, 0.15) is 5.82 Å². The van der Waals surface area contributed by atoms with Gasteiger partial charge in [0.2, 0.25) is 0 Å². The maximum absolute atomic E-state index is 14.3. The lowest BCUT2D eigenvalue weighted by molar-refractivity contribution is -0.155. The molecule has 3 aliphatic rings. The number of piperazine rings is 1. The van der Waals surface area contributed by atoms with E-state index >= 15 is 0 Å². The minimum atomic E-state index is -0.650. The second-order valence-electron chi connectivity index (χ2n) is 5.78. The van der Waals surface area contributed by atoms with Crippen molar-refractivity contribution in [3.63, 3.8) is 0 Å². The highest BCUT2D eigenvalue weighted by Crippen LogP contribution is 2.21. The fraction of sp³-hybridized carbons (Fsp3) is 0.389. The monoisotopic (exact) mass is 372 g/mol. The van der Waals surface area contributed by atoms with Crippen LogP contribution in [0.3, 0.4) is 0 Å². The van der Waals surface area contributed by atoms with Crippen molar-refractivity contribution in [2.45, 2.75) is 26.8 Å². The van der Waals surface area contributed by atoms with Gasteiger partial charge in [-0.25, -0.2) is 9.82 Å². The van der Waals surface area contributed by atoms with Gasteiger partial charge in [-0.1, -0.05) is 13.8 Å². The minimum absolute atomic E-state index is 0.0455. The largest absolute Gasteiger partial charge is 0.327 e. The summed E-state index contributed by atoms with van der Waals surface area (Å²) in [6.45, 7) is 5.23. The lowest BCUT2D eigenvalue weighted by Gasteiger charge is -2.34. The Morgan fingerprint density at radius 3 is 2.63 bits per heavy atom. The first-order valence-electron chi connectivity index (χ1n) is 8.89. The molecular formula is C18H21FN6O2. The van der Waals surface area contributed by atoms with Crippen molar-refractivity contribution in [3.8, 4) is 0 Å². The molecule has 1 fully saturated rings. The third-order valence-electron chi connectivity index (χ3n) is 4.22. The van der Waals surface area contributed by atoms with Crippen LogP contribution in [-0.4, -0.2) is 52.4 Å². The zero-order chi connectivity index (χ0) is 19.4. The number of pyridine rings is 1. The van der Waals surface area contributed by atoms with Crippen LogP contribution in [0.1, 0.15) is 26.0 Å². The molecule has 0 atom stereocenters. The average molecular weight is 372 g/mol. The predicted molar refractivity (Wildman–Crippen MR) is 97.9 cm³/mol. The molecule has 8 nitrogen and oxygen atoms in total. The molecule has 2 aliphatic heterocycles. The highest BCUT2D eigenvalue weighted by Gasteiger charge is 2.35. The number of amides is 2. The maximum Gasteiger partial charge on any atom is 0.316 e. The number of carbonyl (C=O) groups is 2. The Hall–Kier alpha value is -3.03. The van der Waals surface area contributed by atoms with Crippen LogP contribution < -0.4 is 10.5 Å². The van der Waals surface area contributed by atoms with Crippen molar-refractivity contribution in [1.82, 2.24) is 20.2 Å². The normalized spacial score (nSPS) is 18.3. The van der Waals surface area contributed by atoms with Crippen molar-refractivity contribution in [2.75, 3.05) is 24.8 Å². The number of halogens is 1. The molecule has 0 aromatic carbocycles. The van der Waals surface area contributed by atoms with Crippen LogP contribution in [0.2, 0.25) is 0 Å². The van der Waals surface area contributed by atoms with Crippen LogP contribution in [0.15, 0.2) is 34.9 Å². The van der Waals surface area contributed by atoms with Crippen LogP contribution in [0.4, 0.5) is 10.1 Å². The van der Waals surface area contributed by atoms with Gasteiger partial charge in [0.05, 0.1) is 36.4 Å². The fourth-order valence-electron chi connectivity index (χ4n) is 2.78. The average Bonchev–Trinajstić information content (AvgIpc) is 3.17. The number of rotatable bonds is 4. The summed E-state index contributed by atoms with van der Waals surface area (Å²) in [5.41, 5.74) is 7.13. The Morgan fingerprint density at radius 2 is 2.04 bits per heavy atom. The zero-order valence-electron chi connectivity index (χ0n) is 15.3. The fourth-order valence-corrected chi connectivity index (χ4v) is 2.78. The summed E-state index contributed by atoms with van der Waals surface area (Å²) in [6.07, 6.45) is 5.58. The van der Waals surface area contributed by atoms with Gasteiger partial charge < -0.3 is 4.90 Å². The molecule has 1 N–H and O–H groups in total. The van der Waals surface area contributed by atoms with E-state index in [9.17, 15) is 14.0 Å². The summed E-state index contributed by atoms with van der Waals surface area (Å²) in [5.74, 6) is -1.80. The highest BCUT2D eigenvalue weighted by atomic mass is 19.1. The second kappa shape index (κ2) is 8.11. The number of hydrazine groups is 1. The number of nitrogens with zero attached hydrogens (tertiary/aromatic N) is 5. The first-order chi connectivity index (χ1) is 13.1. The SMILES string of the molecule is CC.O=C1C(=O)N(C2=C=CC2)CCN1Cc1ncc(N2N=CCN2)cc1F. The number of hydrazone groups is 1. The van der Waals surface area contributed by atoms with Crippen molar-refractivity contribution in [3.05, 3.63) is 41.3 Å². The van der Waals surface area contributed by atoms with Gasteiger partial charge in [0.25, 0.3) is 0 Å². The first-order valence-corrected chi connectivity index (χ1v) is 8.89. The van der Waals surface area contributed by atoms with Crippen LogP contribution in [0, 0.1) is 5.82 Å². The summed E-state index contributed by atoms with van der Waals surface area (Å²) in [5, 5.41) is 5.44. The van der Waals surface area contributed by atoms with Gasteiger partial charge in [0, 0.05) is 31.8 Å². The molecule has 9 heteroatoms. The lowest BCUT2D eigenvalue weighted by atomic mass is 10.1. The van der Waals surface area contributed by atoms with E-state index in [-0.39, 0.29) is 12.2 Å². The number of carbonyl (C=O) groups excluding carboxylic acids is 2. The van der Waals surface area contributed by atoms with Crippen LogP contribution in [-0.2, 0) is 16.1 Å². The number of anilines is 1. The molecule has 27 heavy (non-hydrogen) atoms. The van der Waals surface area contributed by atoms with Gasteiger partial charge >= 0.3 is 11.8 Å². The molecule has 0 unspecified atom stereocenters. The Balaban J connectivity index is 0.00000102. The van der Waals surface area contributed by atoms with E-state index in [1.807, 2.05) is 13.8 Å². The molecule has 142 valence electrons. The van der Waals surface area contributed by atoms with E-state index in [2.05, 4.69) is 21.2 Å². The third-order valence-corrected chi connectivity index (χ3v) is 4.22. The van der Waals surface area contributed by atoms with E-state index in [4.69, 9.17) is 0 Å². The zero-order valence-corrected chi connectivity index (χ0v) is 15.3. The molecule has 0 saturated carbocycles. The number of nitrogens with one attached hydrogen (secondary N) is 1. The van der Waals surface area contributed by atoms with Gasteiger partial charge in [-0.2, -0.15) is 10.2 Å². The van der Waals surface area contributed by atoms with E-state index in [1.165, 1.54) is 27.2 Å². The Morgan fingerprint density at radius 1 is 1.26 bits per heavy atom. The summed E-state index contributed by atoms with van der Waals surface area (Å²) in [7, 11) is 0. The van der Waals surface area contributed by atoms with Crippen LogP contribution >= 0.6 is 0 Å². The summed E-state index contributed by atoms with van der Waals surface area (Å²) < 4.78 is 14.3. The molecule has 1 aliphatic carbocycles. The standard InChI is InChI=1S/C16H15FN6O2.C2H6/c17-13-8-12(23-19-4-5-20-23)9-18-14(13)10-21-6-7-22(11-2-1-3-11)16(25)15(21)24;1-2/h1,4,8-9,20H,2,5-7,10H2;1-2H3. The maximum atomic E-state index is 14.3. The van der Waals surface area contributed by atoms with Crippen molar-refractivity contribution in [2.24, 2.45) is 5.10 Å². The molecule has 1 aromatic rings. The highest BCUT2D eigenvalue weighted by molar-refractivity contribution is 6.35. The molecule has 2 amide bonds. The molecule has 1 saturated heterocycles. The van der Waals surface area contributed by atoms with Gasteiger partial charge in [-0.3, -0.25) is 19.5 Å². The van der Waals surface area contributed by atoms with Gasteiger partial charge in [-0.15, -0.1) is 5.73 Å². The predicted octanol–water partition coefficient (Wildman–Crippen LogP) is 1.17. The summed E-state index contributed by atoms with van der Waals surface area (Å²) in [6, 6.07) is 1.30. The van der Waals surface area contributed by atoms with Crippen molar-refractivity contribution < 1.29 is 14.0 Å². The van der Waals surface area contributed by atoms with Crippen molar-refractivity contribution in [1.29, 1.82) is 0 Å².